The Kier molecular flexibility index (Phi) is 4.56. The van der Waals surface area contributed by atoms with Gasteiger partial charge >= 0.3 is 0 Å². The van der Waals surface area contributed by atoms with Crippen LogP contribution in [0.1, 0.15) is 15.9 Å². The summed E-state index contributed by atoms with van der Waals surface area (Å²) >= 11 is 5.89. The second-order valence-electron chi connectivity index (χ2n) is 6.41. The fourth-order valence-corrected chi connectivity index (χ4v) is 3.09. The van der Waals surface area contributed by atoms with Gasteiger partial charge in [-0.25, -0.2) is 9.07 Å². The normalized spacial score (nSPS) is 11.0. The van der Waals surface area contributed by atoms with E-state index in [2.05, 4.69) is 15.4 Å². The van der Waals surface area contributed by atoms with Crippen molar-refractivity contribution >= 4 is 34.2 Å². The molecule has 2 aromatic heterocycles. The van der Waals surface area contributed by atoms with Crippen molar-refractivity contribution in [2.75, 3.05) is 5.32 Å². The average molecular weight is 413 g/mol. The fourth-order valence-electron chi connectivity index (χ4n) is 2.96. The molecule has 0 saturated carbocycles. The van der Waals surface area contributed by atoms with Gasteiger partial charge in [-0.3, -0.25) is 9.59 Å². The predicted octanol–water partition coefficient (Wildman–Crippen LogP) is 3.77. The first kappa shape index (κ1) is 18.7. The molecule has 2 heterocycles. The number of aryl methyl sites for hydroxylation is 1. The molecule has 29 heavy (non-hydrogen) atoms. The van der Waals surface area contributed by atoms with Gasteiger partial charge < -0.3 is 15.4 Å². The first-order chi connectivity index (χ1) is 13.8. The molecule has 7 nitrogen and oxygen atoms in total. The number of aromatic hydroxyl groups is 1. The zero-order valence-electron chi connectivity index (χ0n) is 15.0. The van der Waals surface area contributed by atoms with Crippen molar-refractivity contribution in [2.24, 2.45) is 0 Å². The molecule has 146 valence electrons. The van der Waals surface area contributed by atoms with Crippen LogP contribution >= 0.6 is 11.6 Å². The maximum Gasteiger partial charge on any atom is 0.266 e. The number of anilines is 1. The molecule has 3 N–H and O–H groups in total. The number of carbonyl (C=O) groups excluding carboxylic acids is 1. The number of benzene rings is 2. The van der Waals surface area contributed by atoms with Gasteiger partial charge in [0.15, 0.2) is 0 Å². The van der Waals surface area contributed by atoms with E-state index in [4.69, 9.17) is 11.6 Å². The van der Waals surface area contributed by atoms with Crippen LogP contribution in [0, 0.1) is 12.7 Å². The van der Waals surface area contributed by atoms with E-state index in [1.807, 2.05) is 0 Å². The van der Waals surface area contributed by atoms with E-state index in [1.54, 1.807) is 37.3 Å². The molecular weight excluding hydrogens is 399 g/mol. The smallest absolute Gasteiger partial charge is 0.266 e. The molecule has 9 heteroatoms. The Labute approximate surface area is 168 Å². The van der Waals surface area contributed by atoms with Crippen LogP contribution in [0.5, 0.6) is 5.75 Å². The molecule has 2 aromatic carbocycles. The Morgan fingerprint density at radius 3 is 2.69 bits per heavy atom. The van der Waals surface area contributed by atoms with Crippen molar-refractivity contribution in [2.45, 2.75) is 6.92 Å². The van der Waals surface area contributed by atoms with Gasteiger partial charge in [0.25, 0.3) is 11.5 Å². The highest BCUT2D eigenvalue weighted by Gasteiger charge is 2.22. The van der Waals surface area contributed by atoms with Crippen molar-refractivity contribution in [3.8, 4) is 11.4 Å². The molecule has 0 fully saturated rings. The summed E-state index contributed by atoms with van der Waals surface area (Å²) in [6, 6.07) is 10.9. The lowest BCUT2D eigenvalue weighted by Gasteiger charge is -2.09. The quantitative estimate of drug-likeness (QED) is 0.477. The third-order valence-electron chi connectivity index (χ3n) is 4.39. The van der Waals surface area contributed by atoms with Gasteiger partial charge in [0.05, 0.1) is 23.0 Å². The highest BCUT2D eigenvalue weighted by Crippen LogP contribution is 2.27. The fraction of sp³-hybridized carbons (Fsp3) is 0.0500. The average Bonchev–Trinajstić information content (AvgIpc) is 3.09. The minimum atomic E-state index is -0.936. The first-order valence-corrected chi connectivity index (χ1v) is 8.89. The Balaban J connectivity index is 1.78. The van der Waals surface area contributed by atoms with Crippen LogP contribution in [0.3, 0.4) is 0 Å². The number of hydrogen-bond acceptors (Lipinski definition) is 4. The number of aromatic amines is 1. The van der Waals surface area contributed by atoms with E-state index < -0.39 is 28.6 Å². The second-order valence-corrected chi connectivity index (χ2v) is 6.85. The second kappa shape index (κ2) is 7.06. The molecule has 1 amide bonds. The Bertz CT molecular complexity index is 1310. The topological polar surface area (TPSA) is 100 Å². The zero-order valence-corrected chi connectivity index (χ0v) is 15.8. The van der Waals surface area contributed by atoms with Crippen LogP contribution in [0.15, 0.2) is 53.5 Å². The van der Waals surface area contributed by atoms with Crippen LogP contribution in [0.25, 0.3) is 16.7 Å². The lowest BCUT2D eigenvalue weighted by Crippen LogP contribution is -2.24. The van der Waals surface area contributed by atoms with Crippen molar-refractivity contribution < 1.29 is 14.3 Å². The van der Waals surface area contributed by atoms with Crippen LogP contribution in [0.2, 0.25) is 5.02 Å². The van der Waals surface area contributed by atoms with Gasteiger partial charge in [0, 0.05) is 5.02 Å². The standard InChI is InChI=1S/C20H14ClFN4O3/c1-10-2-7-14(22)15(8-10)24-19(28)16-17(27)13-9-23-26(18(13)25-20(16)29)12-5-3-11(21)4-6-12/h2-9H,1H3,(H,24,28)(H2,25,27,29). The maximum atomic E-state index is 13.9. The number of nitrogens with zero attached hydrogens (tertiary/aromatic N) is 2. The van der Waals surface area contributed by atoms with Crippen molar-refractivity contribution in [1.82, 2.24) is 14.8 Å². The third-order valence-corrected chi connectivity index (χ3v) is 4.64. The Morgan fingerprint density at radius 1 is 1.24 bits per heavy atom. The van der Waals surface area contributed by atoms with Crippen LogP contribution < -0.4 is 10.9 Å². The highest BCUT2D eigenvalue weighted by atomic mass is 35.5. The molecule has 4 rings (SSSR count). The number of pyridine rings is 1. The number of hydrogen-bond donors (Lipinski definition) is 3. The summed E-state index contributed by atoms with van der Waals surface area (Å²) < 4.78 is 15.3. The lowest BCUT2D eigenvalue weighted by molar-refractivity contribution is 0.102. The minimum absolute atomic E-state index is 0.0919. The number of H-pyrrole nitrogens is 1. The molecule has 0 unspecified atom stereocenters. The zero-order chi connectivity index (χ0) is 20.7. The summed E-state index contributed by atoms with van der Waals surface area (Å²) in [4.78, 5) is 27.7. The monoisotopic (exact) mass is 412 g/mol. The van der Waals surface area contributed by atoms with Crippen LogP contribution in [-0.4, -0.2) is 25.8 Å². The molecule has 0 saturated heterocycles. The molecule has 0 bridgehead atoms. The molecule has 0 aliphatic rings. The Morgan fingerprint density at radius 2 is 1.97 bits per heavy atom. The highest BCUT2D eigenvalue weighted by molar-refractivity contribution is 6.30. The van der Waals surface area contributed by atoms with E-state index in [1.165, 1.54) is 23.0 Å². The molecule has 0 radical (unpaired) electrons. The summed E-state index contributed by atoms with van der Waals surface area (Å²) in [5.74, 6) is -2.14. The van der Waals surface area contributed by atoms with Gasteiger partial charge in [0.1, 0.15) is 22.8 Å². The molecule has 0 spiro atoms. The predicted molar refractivity (Wildman–Crippen MR) is 107 cm³/mol. The van der Waals surface area contributed by atoms with E-state index in [0.29, 0.717) is 10.7 Å². The summed E-state index contributed by atoms with van der Waals surface area (Å²) in [5.41, 5.74) is 0.0576. The van der Waals surface area contributed by atoms with Crippen molar-refractivity contribution in [3.63, 3.8) is 0 Å². The molecule has 4 aromatic rings. The number of nitrogens with one attached hydrogen (secondary N) is 2. The summed E-state index contributed by atoms with van der Waals surface area (Å²) in [7, 11) is 0. The van der Waals surface area contributed by atoms with Gasteiger partial charge in [-0.1, -0.05) is 17.7 Å². The maximum absolute atomic E-state index is 13.9. The van der Waals surface area contributed by atoms with E-state index in [0.717, 1.165) is 5.56 Å². The summed E-state index contributed by atoms with van der Waals surface area (Å²) in [6.45, 7) is 1.73. The summed E-state index contributed by atoms with van der Waals surface area (Å²) in [6.07, 6.45) is 1.32. The number of halogens is 2. The Hall–Kier alpha value is -3.65. The third kappa shape index (κ3) is 3.34. The van der Waals surface area contributed by atoms with Crippen LogP contribution in [0.4, 0.5) is 10.1 Å². The summed E-state index contributed by atoms with van der Waals surface area (Å²) in [5, 5.41) is 17.7. The lowest BCUT2D eigenvalue weighted by atomic mass is 10.1. The molecule has 0 aliphatic heterocycles. The van der Waals surface area contributed by atoms with E-state index in [9.17, 15) is 19.1 Å². The van der Waals surface area contributed by atoms with Crippen molar-refractivity contribution in [1.29, 1.82) is 0 Å². The number of fused-ring (bicyclic) bond motifs is 1. The van der Waals surface area contributed by atoms with Gasteiger partial charge in [-0.15, -0.1) is 0 Å². The SMILES string of the molecule is Cc1ccc(F)c(NC(=O)c2c(O)c3cnn(-c4ccc(Cl)cc4)c3[nH]c2=O)c1. The first-order valence-electron chi connectivity index (χ1n) is 8.51. The number of rotatable bonds is 3. The molecule has 0 aliphatic carbocycles. The molecular formula is C20H14ClFN4O3. The molecule has 0 atom stereocenters. The van der Waals surface area contributed by atoms with E-state index >= 15 is 0 Å². The van der Waals surface area contributed by atoms with E-state index in [-0.39, 0.29) is 16.7 Å². The number of carbonyl (C=O) groups is 1. The minimum Gasteiger partial charge on any atom is -0.506 e. The van der Waals surface area contributed by atoms with Gasteiger partial charge in [-0.05, 0) is 48.9 Å². The van der Waals surface area contributed by atoms with Gasteiger partial charge in [0.2, 0.25) is 0 Å². The van der Waals surface area contributed by atoms with Gasteiger partial charge in [-0.2, -0.15) is 5.10 Å². The largest absolute Gasteiger partial charge is 0.506 e. The van der Waals surface area contributed by atoms with Crippen LogP contribution in [-0.2, 0) is 0 Å². The van der Waals surface area contributed by atoms with Crippen molar-refractivity contribution in [3.05, 3.63) is 81.0 Å². The number of aromatic nitrogens is 3. The number of amides is 1.